The van der Waals surface area contributed by atoms with Crippen molar-refractivity contribution in [3.8, 4) is 0 Å². The second-order valence-electron chi connectivity index (χ2n) is 7.34. The van der Waals surface area contributed by atoms with Crippen LogP contribution >= 0.6 is 0 Å². The van der Waals surface area contributed by atoms with Gasteiger partial charge in [-0.2, -0.15) is 0 Å². The fourth-order valence-corrected chi connectivity index (χ4v) is 4.73. The summed E-state index contributed by atoms with van der Waals surface area (Å²) in [6, 6.07) is 0. The van der Waals surface area contributed by atoms with Crippen LogP contribution in [0.5, 0.6) is 0 Å². The first-order chi connectivity index (χ1) is 10.2. The highest BCUT2D eigenvalue weighted by Crippen LogP contribution is 2.43. The van der Waals surface area contributed by atoms with Gasteiger partial charge in [-0.25, -0.2) is 0 Å². The molecule has 1 saturated heterocycles. The van der Waals surface area contributed by atoms with E-state index in [4.69, 9.17) is 5.21 Å². The van der Waals surface area contributed by atoms with Crippen LogP contribution in [0.4, 0.5) is 0 Å². The average molecular weight is 292 g/mol. The van der Waals surface area contributed by atoms with E-state index >= 15 is 0 Å². The van der Waals surface area contributed by atoms with Crippen molar-refractivity contribution in [1.29, 1.82) is 0 Å². The van der Waals surface area contributed by atoms with Gasteiger partial charge in [-0.15, -0.1) is 0 Å². The van der Waals surface area contributed by atoms with Gasteiger partial charge in [-0.1, -0.05) is 37.8 Å². The zero-order valence-corrected chi connectivity index (χ0v) is 13.1. The number of carbonyl (C=O) groups is 1. The maximum atomic E-state index is 12.8. The van der Waals surface area contributed by atoms with Gasteiger partial charge in [0, 0.05) is 31.3 Å². The fourth-order valence-electron chi connectivity index (χ4n) is 4.73. The molecule has 118 valence electrons. The predicted octanol–water partition coefficient (Wildman–Crippen LogP) is 3.29. The van der Waals surface area contributed by atoms with Crippen LogP contribution in [0, 0.1) is 23.7 Å². The van der Waals surface area contributed by atoms with Gasteiger partial charge in [-0.3, -0.25) is 4.79 Å². The lowest BCUT2D eigenvalue weighted by Crippen LogP contribution is -2.47. The van der Waals surface area contributed by atoms with Crippen LogP contribution in [0.2, 0.25) is 0 Å². The highest BCUT2D eigenvalue weighted by Gasteiger charge is 2.37. The van der Waals surface area contributed by atoms with Crippen LogP contribution in [0.25, 0.3) is 0 Å². The summed E-state index contributed by atoms with van der Waals surface area (Å²) in [5.41, 5.74) is 0.843. The number of fused-ring (bicyclic) bond motifs is 1. The zero-order chi connectivity index (χ0) is 14.8. The Balaban J connectivity index is 1.58. The number of carbonyl (C=O) groups excluding carboxylic acids is 1. The minimum Gasteiger partial charge on any atom is -0.411 e. The summed E-state index contributed by atoms with van der Waals surface area (Å²) in [7, 11) is 0. The molecule has 4 unspecified atom stereocenters. The Morgan fingerprint density at radius 2 is 1.95 bits per heavy atom. The summed E-state index contributed by atoms with van der Waals surface area (Å²) in [5.74, 6) is 2.51. The number of piperidine rings is 1. The lowest BCUT2D eigenvalue weighted by atomic mass is 9.67. The SMILES string of the molecule is CC1CN(C(=O)C2CCC3CCCCC3C2)CCC1=NO. The third-order valence-electron chi connectivity index (χ3n) is 6.03. The molecule has 2 saturated carbocycles. The molecule has 1 aliphatic heterocycles. The minimum atomic E-state index is 0.193. The van der Waals surface area contributed by atoms with Gasteiger partial charge in [-0.05, 0) is 31.1 Å². The quantitative estimate of drug-likeness (QED) is 0.595. The van der Waals surface area contributed by atoms with E-state index in [1.165, 1.54) is 32.1 Å². The number of likely N-dealkylation sites (tertiary alicyclic amines) is 1. The molecule has 0 aromatic heterocycles. The molecule has 0 spiro atoms. The van der Waals surface area contributed by atoms with Gasteiger partial charge < -0.3 is 10.1 Å². The van der Waals surface area contributed by atoms with E-state index in [1.807, 2.05) is 11.8 Å². The van der Waals surface area contributed by atoms with Crippen molar-refractivity contribution in [3.05, 3.63) is 0 Å². The molecule has 0 aromatic carbocycles. The number of nitrogens with zero attached hydrogens (tertiary/aromatic N) is 2. The Labute approximate surface area is 127 Å². The van der Waals surface area contributed by atoms with Gasteiger partial charge in [0.05, 0.1) is 5.71 Å². The summed E-state index contributed by atoms with van der Waals surface area (Å²) in [6.45, 7) is 3.50. The molecule has 0 radical (unpaired) electrons. The van der Waals surface area contributed by atoms with Crippen molar-refractivity contribution in [2.45, 2.75) is 58.3 Å². The zero-order valence-electron chi connectivity index (χ0n) is 13.1. The Bertz CT molecular complexity index is 421. The molecule has 1 N–H and O–H groups in total. The minimum absolute atomic E-state index is 0.193. The maximum Gasteiger partial charge on any atom is 0.225 e. The molecule has 1 heterocycles. The molecular weight excluding hydrogens is 264 g/mol. The van der Waals surface area contributed by atoms with Crippen LogP contribution in [-0.4, -0.2) is 34.8 Å². The van der Waals surface area contributed by atoms with Crippen molar-refractivity contribution in [1.82, 2.24) is 4.90 Å². The highest BCUT2D eigenvalue weighted by atomic mass is 16.4. The Kier molecular flexibility index (Phi) is 4.51. The van der Waals surface area contributed by atoms with Crippen molar-refractivity contribution >= 4 is 11.6 Å². The molecule has 1 amide bonds. The smallest absolute Gasteiger partial charge is 0.225 e. The molecule has 4 atom stereocenters. The number of amides is 1. The summed E-state index contributed by atoms with van der Waals surface area (Å²) in [6.07, 6.45) is 9.68. The highest BCUT2D eigenvalue weighted by molar-refractivity contribution is 5.89. The van der Waals surface area contributed by atoms with Crippen LogP contribution in [-0.2, 0) is 4.79 Å². The topological polar surface area (TPSA) is 52.9 Å². The summed E-state index contributed by atoms with van der Waals surface area (Å²) >= 11 is 0. The lowest BCUT2D eigenvalue weighted by molar-refractivity contribution is -0.138. The summed E-state index contributed by atoms with van der Waals surface area (Å²) in [5, 5.41) is 12.3. The third-order valence-corrected chi connectivity index (χ3v) is 6.03. The van der Waals surface area contributed by atoms with E-state index in [2.05, 4.69) is 5.16 Å². The van der Waals surface area contributed by atoms with E-state index in [0.717, 1.165) is 49.9 Å². The Morgan fingerprint density at radius 3 is 2.67 bits per heavy atom. The standard InChI is InChI=1S/C17H28N2O2/c1-12-11-19(9-8-16(12)18-21)17(20)15-7-6-13-4-2-3-5-14(13)10-15/h12-15,21H,2-11H2,1H3. The largest absolute Gasteiger partial charge is 0.411 e. The Hall–Kier alpha value is -1.06. The molecule has 3 rings (SSSR count). The van der Waals surface area contributed by atoms with E-state index < -0.39 is 0 Å². The molecule has 4 nitrogen and oxygen atoms in total. The number of oxime groups is 1. The number of hydrogen-bond donors (Lipinski definition) is 1. The second-order valence-corrected chi connectivity index (χ2v) is 7.34. The number of hydrogen-bond acceptors (Lipinski definition) is 3. The third kappa shape index (κ3) is 3.09. The fraction of sp³-hybridized carbons (Fsp3) is 0.882. The van der Waals surface area contributed by atoms with Gasteiger partial charge >= 0.3 is 0 Å². The maximum absolute atomic E-state index is 12.8. The van der Waals surface area contributed by atoms with Crippen molar-refractivity contribution in [2.24, 2.45) is 28.8 Å². The summed E-state index contributed by atoms with van der Waals surface area (Å²) < 4.78 is 0. The molecule has 3 fully saturated rings. The molecule has 21 heavy (non-hydrogen) atoms. The van der Waals surface area contributed by atoms with Crippen molar-refractivity contribution in [2.75, 3.05) is 13.1 Å². The first kappa shape index (κ1) is 14.9. The molecule has 2 aliphatic carbocycles. The van der Waals surface area contributed by atoms with E-state index in [1.54, 1.807) is 0 Å². The van der Waals surface area contributed by atoms with Crippen molar-refractivity contribution < 1.29 is 10.0 Å². The molecule has 4 heteroatoms. The van der Waals surface area contributed by atoms with Crippen LogP contribution in [0.15, 0.2) is 5.16 Å². The van der Waals surface area contributed by atoms with Crippen molar-refractivity contribution in [3.63, 3.8) is 0 Å². The van der Waals surface area contributed by atoms with E-state index in [9.17, 15) is 4.79 Å². The molecule has 0 aromatic rings. The second kappa shape index (κ2) is 6.37. The molecule has 0 bridgehead atoms. The van der Waals surface area contributed by atoms with Gasteiger partial charge in [0.2, 0.25) is 5.91 Å². The van der Waals surface area contributed by atoms with Gasteiger partial charge in [0.1, 0.15) is 0 Å². The summed E-state index contributed by atoms with van der Waals surface area (Å²) in [4.78, 5) is 14.8. The van der Waals surface area contributed by atoms with Gasteiger partial charge in [0.25, 0.3) is 0 Å². The lowest BCUT2D eigenvalue weighted by Gasteiger charge is -2.41. The van der Waals surface area contributed by atoms with Crippen LogP contribution < -0.4 is 0 Å². The first-order valence-electron chi connectivity index (χ1n) is 8.68. The first-order valence-corrected chi connectivity index (χ1v) is 8.68. The van der Waals surface area contributed by atoms with E-state index in [-0.39, 0.29) is 11.8 Å². The van der Waals surface area contributed by atoms with E-state index in [0.29, 0.717) is 5.91 Å². The predicted molar refractivity (Wildman–Crippen MR) is 82.4 cm³/mol. The monoisotopic (exact) mass is 292 g/mol. The average Bonchev–Trinajstić information content (AvgIpc) is 2.53. The number of rotatable bonds is 1. The Morgan fingerprint density at radius 1 is 1.19 bits per heavy atom. The van der Waals surface area contributed by atoms with Gasteiger partial charge in [0.15, 0.2) is 0 Å². The molecule has 3 aliphatic rings. The van der Waals surface area contributed by atoms with Crippen LogP contribution in [0.1, 0.15) is 58.3 Å². The normalized spacial score (nSPS) is 39.1. The van der Waals surface area contributed by atoms with Crippen LogP contribution in [0.3, 0.4) is 0 Å². The molecular formula is C17H28N2O2.